The minimum Gasteiger partial charge on any atom is -1.00 e. The molecule has 0 amide bonds. The quantitative estimate of drug-likeness (QED) is 0.324. The van der Waals surface area contributed by atoms with E-state index in [0.29, 0.717) is 0 Å². The Hall–Kier alpha value is 2.10. The molecule has 0 bridgehead atoms. The summed E-state index contributed by atoms with van der Waals surface area (Å²) in [5.74, 6) is 0. The largest absolute Gasteiger partial charge is 1.00 e. The molecule has 0 fully saturated rings. The van der Waals surface area contributed by atoms with Crippen molar-refractivity contribution in [1.29, 1.82) is 0 Å². The van der Waals surface area contributed by atoms with Crippen LogP contribution in [0.5, 0.6) is 0 Å². The Morgan fingerprint density at radius 2 is 1.18 bits per heavy atom. The first-order chi connectivity index (χ1) is 3.41. The molecule has 0 aliphatic carbocycles. The minimum absolute atomic E-state index is 0. The summed E-state index contributed by atoms with van der Waals surface area (Å²) in [5, 5.41) is 1.25. The van der Waals surface area contributed by atoms with E-state index in [1.807, 2.05) is 0 Å². The van der Waals surface area contributed by atoms with Gasteiger partial charge in [0.1, 0.15) is 0 Å². The van der Waals surface area contributed by atoms with Gasteiger partial charge in [-0.15, -0.1) is 0 Å². The fourth-order valence-corrected chi connectivity index (χ4v) is 0. The number of halogens is 2. The van der Waals surface area contributed by atoms with E-state index in [1.165, 1.54) is 5.15 Å². The van der Waals surface area contributed by atoms with Crippen molar-refractivity contribution in [3.63, 3.8) is 0 Å². The summed E-state index contributed by atoms with van der Waals surface area (Å²) in [6.07, 6.45) is 0. The van der Waals surface area contributed by atoms with Crippen molar-refractivity contribution in [2.75, 3.05) is 0 Å². The molecule has 11 heavy (non-hydrogen) atoms. The predicted molar refractivity (Wildman–Crippen MR) is 18.7 cm³/mol. The zero-order valence-electron chi connectivity index (χ0n) is 6.26. The summed E-state index contributed by atoms with van der Waals surface area (Å²) in [5.41, 5.74) is 0. The van der Waals surface area contributed by atoms with Crippen LogP contribution in [0.25, 0.3) is 0 Å². The van der Waals surface area contributed by atoms with Crippen molar-refractivity contribution in [3.8, 4) is 0 Å². The predicted octanol–water partition coefficient (Wildman–Crippen LogP) is -3.05. The molecule has 0 aromatic heterocycles. The maximum Gasteiger partial charge on any atom is 1.00 e. The second kappa shape index (κ2) is 18.0. The van der Waals surface area contributed by atoms with Crippen LogP contribution in [0.2, 0.25) is 0 Å². The van der Waals surface area contributed by atoms with Crippen LogP contribution >= 0.6 is 7.82 Å². The van der Waals surface area contributed by atoms with Crippen LogP contribution in [0.3, 0.4) is 0 Å². The third-order valence-electron chi connectivity index (χ3n) is 0. The number of hydrogen-bond acceptors (Lipinski definition) is 2. The Morgan fingerprint density at radius 1 is 1.18 bits per heavy atom. The van der Waals surface area contributed by atoms with E-state index in [0.717, 1.165) is 0 Å². The molecule has 0 heterocycles. The van der Waals surface area contributed by atoms with Crippen molar-refractivity contribution in [2.24, 2.45) is 0 Å². The van der Waals surface area contributed by atoms with Crippen molar-refractivity contribution >= 4 is 7.82 Å². The van der Waals surface area contributed by atoms with E-state index in [-0.39, 0.29) is 68.1 Å². The first kappa shape index (κ1) is 29.2. The molecule has 0 saturated carbocycles. The van der Waals surface area contributed by atoms with Crippen molar-refractivity contribution in [2.45, 2.75) is 0 Å². The van der Waals surface area contributed by atoms with Gasteiger partial charge in [-0.2, -0.15) is 0 Å². The van der Waals surface area contributed by atoms with Crippen molar-refractivity contribution in [1.82, 2.24) is 0 Å². The van der Waals surface area contributed by atoms with Crippen LogP contribution in [0.1, 0.15) is 1.43 Å². The topological polar surface area (TPSA) is 87.0 Å². The molecule has 0 unspecified atom stereocenters. The zero-order chi connectivity index (χ0) is 7.21. The Kier molecular flexibility index (Phi) is 47.8. The van der Waals surface area contributed by atoms with Crippen LogP contribution in [-0.4, -0.2) is 14.7 Å². The number of phosphoric acid groups is 1. The third kappa shape index (κ3) is 280. The Morgan fingerprint density at radius 3 is 1.18 bits per heavy atom. The van der Waals surface area contributed by atoms with E-state index in [4.69, 9.17) is 28.3 Å². The molecule has 0 spiro atoms. The van der Waals surface area contributed by atoms with Crippen molar-refractivity contribution < 1.29 is 102 Å². The molecule has 2 radical (unpaired) electrons. The van der Waals surface area contributed by atoms with E-state index in [9.17, 15) is 0 Å². The van der Waals surface area contributed by atoms with Gasteiger partial charge in [0, 0.05) is 42.3 Å². The van der Waals surface area contributed by atoms with Crippen LogP contribution in [0, 0.1) is 0 Å². The first-order valence-electron chi connectivity index (χ1n) is 1.09. The van der Waals surface area contributed by atoms with Crippen molar-refractivity contribution in [3.05, 3.63) is 0 Å². The summed E-state index contributed by atoms with van der Waals surface area (Å²) in [7, 11) is -4.64. The van der Waals surface area contributed by atoms with E-state index >= 15 is 0 Å². The second-order valence-corrected chi connectivity index (χ2v) is 1.60. The summed E-state index contributed by atoms with van der Waals surface area (Å²) < 4.78 is 27.1. The molecule has 0 aliphatic heterocycles. The molecule has 0 atom stereocenters. The van der Waals surface area contributed by atoms with Gasteiger partial charge in [-0.25, -0.2) is 4.57 Å². The third-order valence-corrected chi connectivity index (χ3v) is 0. The molecule has 11 heteroatoms. The van der Waals surface area contributed by atoms with Gasteiger partial charge in [0.25, 0.3) is 0 Å². The van der Waals surface area contributed by atoms with Gasteiger partial charge in [0.2, 0.25) is 0 Å². The van der Waals surface area contributed by atoms with Crippen LogP contribution in [-0.2, 0) is 46.8 Å². The number of hydrogen-bond donors (Lipinski definition) is 3. The Balaban J connectivity index is -0.0000000119. The maximum absolute atomic E-state index is 9.12. The van der Waals surface area contributed by atoms with Gasteiger partial charge in [0.15, 0.2) is 0 Å². The minimum atomic E-state index is -4.64. The van der Waals surface area contributed by atoms with Crippen LogP contribution in [0.15, 0.2) is 0 Å². The van der Waals surface area contributed by atoms with Gasteiger partial charge in [-0.3, -0.25) is 0 Å². The van der Waals surface area contributed by atoms with Gasteiger partial charge in [-0.05, 0) is 9.05 Å². The SMILES string of the molecule is FOF.O=P(O)(O)O.[H-].[Na+].[V].[V]. The normalized spacial score (nSPS) is 7.00. The molecular formula is H4F2NaO5PV2. The molecule has 5 nitrogen and oxygen atoms in total. The van der Waals surface area contributed by atoms with Gasteiger partial charge in [-0.1, -0.05) is 0 Å². The molecule has 0 aromatic rings. The van der Waals surface area contributed by atoms with E-state index < -0.39 is 7.82 Å². The molecule has 0 aliphatic rings. The van der Waals surface area contributed by atoms with E-state index in [2.05, 4.69) is 0 Å². The zero-order valence-corrected chi connectivity index (χ0v) is 10.9. The molecule has 64 valence electrons. The summed E-state index contributed by atoms with van der Waals surface area (Å²) in [4.78, 5) is 21.6. The molecule has 0 saturated heterocycles. The fraction of sp³-hybridized carbons (Fsp3) is 0. The standard InChI is InChI=1S/F2O.Na.H3O4P.2V.H/c1-3-2;;1-5(2,3)4;;;/h;;(H3,1,2,3,4);;;/q;+1;;;;-1. The number of rotatable bonds is 0. The summed E-state index contributed by atoms with van der Waals surface area (Å²) in [6.45, 7) is 0. The Labute approximate surface area is 108 Å². The first-order valence-corrected chi connectivity index (χ1v) is 2.66. The maximum atomic E-state index is 9.12. The molecule has 0 aromatic carbocycles. The summed E-state index contributed by atoms with van der Waals surface area (Å²) in [6, 6.07) is 0. The molecule has 3 N–H and O–H groups in total. The average molecular weight is 278 g/mol. The second-order valence-electron chi connectivity index (χ2n) is 0.572. The van der Waals surface area contributed by atoms with Crippen LogP contribution in [0.4, 0.5) is 9.05 Å². The van der Waals surface area contributed by atoms with Gasteiger partial charge < -0.3 is 16.1 Å². The molecule has 0 rings (SSSR count). The smallest absolute Gasteiger partial charge is 1.00 e. The monoisotopic (exact) mass is 278 g/mol. The summed E-state index contributed by atoms with van der Waals surface area (Å²) >= 11 is 0. The van der Waals surface area contributed by atoms with Gasteiger partial charge >= 0.3 is 37.4 Å². The van der Waals surface area contributed by atoms with E-state index in [1.54, 1.807) is 0 Å². The fourth-order valence-electron chi connectivity index (χ4n) is 0. The van der Waals surface area contributed by atoms with Gasteiger partial charge in [0.05, 0.1) is 0 Å². The van der Waals surface area contributed by atoms with Crippen LogP contribution < -0.4 is 29.6 Å². The average Bonchev–Trinajstić information content (AvgIpc) is 1.27. The Bertz CT molecular complexity index is 83.3. The molecular weight excluding hydrogens is 274 g/mol.